The lowest BCUT2D eigenvalue weighted by Crippen LogP contribution is -2.41. The van der Waals surface area contributed by atoms with Crippen molar-refractivity contribution >= 4 is 17.7 Å². The molecule has 2 N–H and O–H groups in total. The Morgan fingerprint density at radius 2 is 1.97 bits per heavy atom. The first-order chi connectivity index (χ1) is 14.2. The summed E-state index contributed by atoms with van der Waals surface area (Å²) in [4.78, 5) is 28.3. The highest BCUT2D eigenvalue weighted by atomic mass is 19.4. The third kappa shape index (κ3) is 5.83. The van der Waals surface area contributed by atoms with Crippen LogP contribution in [-0.4, -0.2) is 59.5 Å². The molecular formula is C19H18F3N3O5. The van der Waals surface area contributed by atoms with E-state index >= 15 is 0 Å². The van der Waals surface area contributed by atoms with E-state index in [0.717, 1.165) is 11.8 Å². The van der Waals surface area contributed by atoms with Gasteiger partial charge in [-0.15, -0.1) is 0 Å². The van der Waals surface area contributed by atoms with Crippen LogP contribution < -0.4 is 10.1 Å². The van der Waals surface area contributed by atoms with Crippen molar-refractivity contribution in [2.75, 3.05) is 31.6 Å². The molecule has 1 aromatic carbocycles. The minimum Gasteiger partial charge on any atom is -0.468 e. The largest absolute Gasteiger partial charge is 0.468 e. The third-order valence-electron chi connectivity index (χ3n) is 4.26. The van der Waals surface area contributed by atoms with Gasteiger partial charge in [-0.3, -0.25) is 4.79 Å². The Hall–Kier alpha value is -3.34. The van der Waals surface area contributed by atoms with E-state index in [1.165, 1.54) is 17.0 Å². The molecular weight excluding hydrogens is 407 g/mol. The van der Waals surface area contributed by atoms with Crippen molar-refractivity contribution < 1.29 is 37.3 Å². The number of carbonyl (C=O) groups excluding carboxylic acids is 1. The maximum Gasteiger partial charge on any atom is 0.422 e. The van der Waals surface area contributed by atoms with Gasteiger partial charge in [0.2, 0.25) is 5.88 Å². The molecule has 1 aliphatic heterocycles. The third-order valence-corrected chi connectivity index (χ3v) is 4.26. The summed E-state index contributed by atoms with van der Waals surface area (Å²) in [5.41, 5.74) is 1.39. The maximum absolute atomic E-state index is 12.3. The summed E-state index contributed by atoms with van der Waals surface area (Å²) in [6.07, 6.45) is -4.76. The Balaban J connectivity index is 1.57. The summed E-state index contributed by atoms with van der Waals surface area (Å²) in [6, 6.07) is 9.21. The molecule has 2 heterocycles. The molecule has 8 nitrogen and oxygen atoms in total. The molecule has 1 aromatic heterocycles. The summed E-state index contributed by atoms with van der Waals surface area (Å²) in [5.74, 6) is -0.736. The monoisotopic (exact) mass is 425 g/mol. The van der Waals surface area contributed by atoms with E-state index in [2.05, 4.69) is 15.0 Å². The number of aromatic nitrogens is 1. The van der Waals surface area contributed by atoms with E-state index in [9.17, 15) is 22.8 Å². The van der Waals surface area contributed by atoms with Crippen LogP contribution in [0, 0.1) is 0 Å². The summed E-state index contributed by atoms with van der Waals surface area (Å²) in [6.45, 7) is -0.637. The van der Waals surface area contributed by atoms with Crippen LogP contribution in [-0.2, 0) is 4.74 Å². The van der Waals surface area contributed by atoms with Crippen molar-refractivity contribution in [3.63, 3.8) is 0 Å². The number of carboxylic acid groups (broad SMARTS) is 1. The molecule has 3 rings (SSSR count). The summed E-state index contributed by atoms with van der Waals surface area (Å²) >= 11 is 0. The van der Waals surface area contributed by atoms with Gasteiger partial charge in [0, 0.05) is 24.5 Å². The first-order valence-electron chi connectivity index (χ1n) is 8.88. The predicted octanol–water partition coefficient (Wildman–Crippen LogP) is 3.33. The number of hydrogen-bond acceptors (Lipinski definition) is 5. The summed E-state index contributed by atoms with van der Waals surface area (Å²) in [5, 5.41) is 11.7. The lowest BCUT2D eigenvalue weighted by molar-refractivity contribution is -0.154. The Morgan fingerprint density at radius 3 is 2.57 bits per heavy atom. The number of amides is 2. The van der Waals surface area contributed by atoms with Gasteiger partial charge in [-0.05, 0) is 23.8 Å². The van der Waals surface area contributed by atoms with Gasteiger partial charge < -0.3 is 24.8 Å². The quantitative estimate of drug-likeness (QED) is 0.762. The molecule has 1 atom stereocenters. The van der Waals surface area contributed by atoms with Crippen LogP contribution in [0.2, 0.25) is 0 Å². The molecule has 160 valence electrons. The van der Waals surface area contributed by atoms with E-state index in [1.807, 2.05) is 0 Å². The Labute approximate surface area is 169 Å². The number of carbonyl (C=O) groups is 2. The fourth-order valence-electron chi connectivity index (χ4n) is 2.76. The molecule has 0 radical (unpaired) electrons. The second-order valence-electron chi connectivity index (χ2n) is 6.45. The number of pyridine rings is 1. The van der Waals surface area contributed by atoms with Gasteiger partial charge in [-0.25, -0.2) is 9.78 Å². The van der Waals surface area contributed by atoms with Crippen LogP contribution in [0.15, 0.2) is 42.6 Å². The fraction of sp³-hybridized carbons (Fsp3) is 0.316. The predicted molar refractivity (Wildman–Crippen MR) is 98.5 cm³/mol. The van der Waals surface area contributed by atoms with Crippen LogP contribution in [0.25, 0.3) is 0 Å². The fourth-order valence-corrected chi connectivity index (χ4v) is 2.76. The van der Waals surface area contributed by atoms with Crippen LogP contribution >= 0.6 is 0 Å². The van der Waals surface area contributed by atoms with Gasteiger partial charge in [-0.1, -0.05) is 12.1 Å². The van der Waals surface area contributed by atoms with Gasteiger partial charge in [0.1, 0.15) is 6.10 Å². The number of ether oxygens (including phenoxy) is 2. The highest BCUT2D eigenvalue weighted by Gasteiger charge is 2.28. The topological polar surface area (TPSA) is 101 Å². The van der Waals surface area contributed by atoms with Crippen molar-refractivity contribution in [1.82, 2.24) is 9.88 Å². The van der Waals surface area contributed by atoms with Crippen LogP contribution in [0.5, 0.6) is 5.88 Å². The molecule has 1 aliphatic rings. The minimum absolute atomic E-state index is 0.145. The van der Waals surface area contributed by atoms with Crippen LogP contribution in [0.3, 0.4) is 0 Å². The molecule has 2 amide bonds. The molecule has 2 aromatic rings. The number of rotatable bonds is 5. The lowest BCUT2D eigenvalue weighted by Gasteiger charge is -2.31. The second-order valence-corrected chi connectivity index (χ2v) is 6.45. The molecule has 1 fully saturated rings. The van der Waals surface area contributed by atoms with Crippen molar-refractivity contribution in [3.05, 3.63) is 53.7 Å². The molecule has 0 aliphatic carbocycles. The number of hydrogen-bond donors (Lipinski definition) is 2. The number of benzene rings is 1. The molecule has 1 saturated heterocycles. The first-order valence-corrected chi connectivity index (χ1v) is 8.88. The molecule has 11 heteroatoms. The highest BCUT2D eigenvalue weighted by Crippen LogP contribution is 2.24. The van der Waals surface area contributed by atoms with E-state index in [4.69, 9.17) is 9.84 Å². The van der Waals surface area contributed by atoms with Crippen molar-refractivity contribution in [2.45, 2.75) is 12.3 Å². The van der Waals surface area contributed by atoms with Gasteiger partial charge in [0.15, 0.2) is 6.61 Å². The van der Waals surface area contributed by atoms with Gasteiger partial charge in [0.05, 0.1) is 18.7 Å². The standard InChI is InChI=1S/C19H18F3N3O5/c20-19(21,22)11-30-16-6-3-13(9-23-16)17(26)24-14-4-1-12(2-5-14)15-10-25(18(27)28)7-8-29-15/h1-6,9,15H,7-8,10-11H2,(H,24,26)(H,27,28). The minimum atomic E-state index is -4.47. The van der Waals surface area contributed by atoms with E-state index in [0.29, 0.717) is 18.8 Å². The zero-order valence-electron chi connectivity index (χ0n) is 15.6. The highest BCUT2D eigenvalue weighted by molar-refractivity contribution is 6.04. The molecule has 1 unspecified atom stereocenters. The van der Waals surface area contributed by atoms with E-state index < -0.39 is 30.9 Å². The van der Waals surface area contributed by atoms with Gasteiger partial charge in [0.25, 0.3) is 5.91 Å². The van der Waals surface area contributed by atoms with Crippen molar-refractivity contribution in [3.8, 4) is 5.88 Å². The lowest BCUT2D eigenvalue weighted by atomic mass is 10.1. The number of nitrogens with zero attached hydrogens (tertiary/aromatic N) is 2. The summed E-state index contributed by atoms with van der Waals surface area (Å²) in [7, 11) is 0. The Morgan fingerprint density at radius 1 is 1.23 bits per heavy atom. The smallest absolute Gasteiger partial charge is 0.422 e. The molecule has 30 heavy (non-hydrogen) atoms. The SMILES string of the molecule is O=C(Nc1ccc(C2CN(C(=O)O)CCO2)cc1)c1ccc(OCC(F)(F)F)nc1. The van der Waals surface area contributed by atoms with Crippen molar-refractivity contribution in [1.29, 1.82) is 0 Å². The average Bonchev–Trinajstić information content (AvgIpc) is 2.72. The Bertz CT molecular complexity index is 888. The Kier molecular flexibility index (Phi) is 6.40. The zero-order chi connectivity index (χ0) is 21.7. The maximum atomic E-state index is 12.3. The zero-order valence-corrected chi connectivity index (χ0v) is 15.6. The van der Waals surface area contributed by atoms with Crippen LogP contribution in [0.1, 0.15) is 22.0 Å². The molecule has 0 spiro atoms. The molecule has 0 saturated carbocycles. The first kappa shape index (κ1) is 21.4. The van der Waals surface area contributed by atoms with Gasteiger partial charge >= 0.3 is 12.3 Å². The number of anilines is 1. The molecule has 0 bridgehead atoms. The van der Waals surface area contributed by atoms with E-state index in [1.54, 1.807) is 24.3 Å². The van der Waals surface area contributed by atoms with Gasteiger partial charge in [-0.2, -0.15) is 13.2 Å². The van der Waals surface area contributed by atoms with Crippen molar-refractivity contribution in [2.24, 2.45) is 0 Å². The number of nitrogens with one attached hydrogen (secondary N) is 1. The number of morpholine rings is 1. The second kappa shape index (κ2) is 8.99. The summed E-state index contributed by atoms with van der Waals surface area (Å²) < 4.78 is 46.5. The average molecular weight is 425 g/mol. The number of alkyl halides is 3. The van der Waals surface area contributed by atoms with Crippen LogP contribution in [0.4, 0.5) is 23.7 Å². The normalized spacial score (nSPS) is 16.8. The van der Waals surface area contributed by atoms with E-state index in [-0.39, 0.29) is 18.0 Å². The number of halogens is 3.